The van der Waals surface area contributed by atoms with Gasteiger partial charge in [0, 0.05) is 16.1 Å². The maximum atomic E-state index is 4.20. The van der Waals surface area contributed by atoms with Gasteiger partial charge in [0.25, 0.3) is 0 Å². The average Bonchev–Trinajstić information content (AvgIpc) is 2.04. The van der Waals surface area contributed by atoms with E-state index in [-0.39, 0.29) is 12.4 Å². The molecule has 1 aromatic heterocycles. The second-order valence-corrected chi connectivity index (χ2v) is 3.26. The molecule has 2 rings (SSSR count). The second kappa shape index (κ2) is 3.87. The molecule has 1 aromatic carbocycles. The van der Waals surface area contributed by atoms with Crippen LogP contribution in [-0.2, 0) is 0 Å². The van der Waals surface area contributed by atoms with Crippen molar-refractivity contribution in [3.8, 4) is 0 Å². The van der Waals surface area contributed by atoms with E-state index in [2.05, 4.69) is 27.0 Å². The minimum Gasteiger partial charge on any atom is -0.256 e. The van der Waals surface area contributed by atoms with Crippen LogP contribution < -0.4 is 0 Å². The predicted octanol–water partition coefficient (Wildman–Crippen LogP) is 3.42. The van der Waals surface area contributed by atoms with Crippen molar-refractivity contribution in [3.63, 3.8) is 0 Å². The number of rotatable bonds is 0. The zero-order valence-corrected chi connectivity index (χ0v) is 8.60. The Balaban J connectivity index is 0.000000720. The van der Waals surface area contributed by atoms with Crippen LogP contribution in [0.5, 0.6) is 0 Å². The van der Waals surface area contributed by atoms with Gasteiger partial charge >= 0.3 is 0 Å². The Kier molecular flexibility index (Phi) is 3.06. The molecule has 0 radical (unpaired) electrons. The zero-order valence-electron chi connectivity index (χ0n) is 6.20. The fourth-order valence-electron chi connectivity index (χ4n) is 1.05. The van der Waals surface area contributed by atoms with E-state index in [0.717, 1.165) is 9.99 Å². The van der Waals surface area contributed by atoms with Gasteiger partial charge in [0.2, 0.25) is 0 Å². The van der Waals surface area contributed by atoms with E-state index in [0.29, 0.717) is 0 Å². The molecule has 2 aromatic rings. The third kappa shape index (κ3) is 1.76. The lowest BCUT2D eigenvalue weighted by molar-refractivity contribution is 1.41. The molecule has 0 bridgehead atoms. The van der Waals surface area contributed by atoms with E-state index in [9.17, 15) is 0 Å². The van der Waals surface area contributed by atoms with Crippen molar-refractivity contribution in [3.05, 3.63) is 41.0 Å². The van der Waals surface area contributed by atoms with Gasteiger partial charge in [-0.15, -0.1) is 12.4 Å². The molecule has 0 atom stereocenters. The van der Waals surface area contributed by atoms with Crippen molar-refractivity contribution in [1.82, 2.24) is 4.98 Å². The van der Waals surface area contributed by atoms with Crippen LogP contribution in [0.3, 0.4) is 0 Å². The molecule has 0 aliphatic rings. The van der Waals surface area contributed by atoms with Crippen LogP contribution in [0.25, 0.3) is 10.9 Å². The van der Waals surface area contributed by atoms with Crippen molar-refractivity contribution in [1.29, 1.82) is 0 Å². The molecule has 0 aliphatic heterocycles. The smallest absolute Gasteiger partial charge is 0.0702 e. The Labute approximate surface area is 85.4 Å². The van der Waals surface area contributed by atoms with Gasteiger partial charge in [-0.05, 0) is 24.3 Å². The highest BCUT2D eigenvalue weighted by atomic mass is 79.9. The number of pyridine rings is 1. The fraction of sp³-hybridized carbons (Fsp3) is 0. The lowest BCUT2D eigenvalue weighted by atomic mass is 10.2. The van der Waals surface area contributed by atoms with E-state index in [1.54, 1.807) is 6.20 Å². The summed E-state index contributed by atoms with van der Waals surface area (Å²) >= 11 is 3.40. The van der Waals surface area contributed by atoms with E-state index in [1.807, 2.05) is 24.3 Å². The van der Waals surface area contributed by atoms with Gasteiger partial charge in [-0.2, -0.15) is 0 Å². The summed E-state index contributed by atoms with van der Waals surface area (Å²) in [5, 5.41) is 1.17. The first kappa shape index (κ1) is 9.49. The Morgan fingerprint density at radius 1 is 1.17 bits per heavy atom. The summed E-state index contributed by atoms with van der Waals surface area (Å²) in [5.41, 5.74) is 1.04. The zero-order chi connectivity index (χ0) is 7.68. The number of benzene rings is 1. The Morgan fingerprint density at radius 3 is 2.83 bits per heavy atom. The molecule has 3 heteroatoms. The summed E-state index contributed by atoms with van der Waals surface area (Å²) in [7, 11) is 0. The monoisotopic (exact) mass is 243 g/mol. The molecule has 0 fully saturated rings. The highest BCUT2D eigenvalue weighted by Gasteiger charge is 1.91. The summed E-state index contributed by atoms with van der Waals surface area (Å²) < 4.78 is 1.10. The molecule has 0 amide bonds. The minimum absolute atomic E-state index is 0. The van der Waals surface area contributed by atoms with Gasteiger partial charge < -0.3 is 0 Å². The van der Waals surface area contributed by atoms with Crippen LogP contribution in [-0.4, -0.2) is 4.98 Å². The van der Waals surface area contributed by atoms with Gasteiger partial charge in [-0.1, -0.05) is 22.0 Å². The molecule has 0 saturated heterocycles. The first-order valence-electron chi connectivity index (χ1n) is 3.36. The average molecular weight is 245 g/mol. The van der Waals surface area contributed by atoms with Crippen LogP contribution in [0.15, 0.2) is 41.0 Å². The number of aromatic nitrogens is 1. The standard InChI is InChI=1S/C9H6BrN.ClH/c10-8-3-4-9-7(6-8)2-1-5-11-9;/h1-6H;1H. The minimum atomic E-state index is 0. The van der Waals surface area contributed by atoms with E-state index in [4.69, 9.17) is 0 Å². The molecule has 0 unspecified atom stereocenters. The number of hydrogen-bond donors (Lipinski definition) is 0. The van der Waals surface area contributed by atoms with Crippen molar-refractivity contribution in [2.45, 2.75) is 0 Å². The lowest BCUT2D eigenvalue weighted by Crippen LogP contribution is -1.75. The maximum Gasteiger partial charge on any atom is 0.0702 e. The molecular weight excluding hydrogens is 237 g/mol. The van der Waals surface area contributed by atoms with Gasteiger partial charge in [-0.3, -0.25) is 4.98 Å². The summed E-state index contributed by atoms with van der Waals surface area (Å²) in [4.78, 5) is 4.20. The molecule has 0 spiro atoms. The molecular formula is C9H7BrClN. The summed E-state index contributed by atoms with van der Waals surface area (Å²) in [6.45, 7) is 0. The number of nitrogens with zero attached hydrogens (tertiary/aromatic N) is 1. The number of halogens is 2. The predicted molar refractivity (Wildman–Crippen MR) is 56.7 cm³/mol. The van der Waals surface area contributed by atoms with Gasteiger partial charge in [0.05, 0.1) is 5.52 Å². The van der Waals surface area contributed by atoms with Crippen molar-refractivity contribution < 1.29 is 0 Å². The number of hydrogen-bond acceptors (Lipinski definition) is 1. The van der Waals surface area contributed by atoms with Crippen molar-refractivity contribution in [2.24, 2.45) is 0 Å². The molecule has 12 heavy (non-hydrogen) atoms. The highest BCUT2D eigenvalue weighted by molar-refractivity contribution is 9.10. The fourth-order valence-corrected chi connectivity index (χ4v) is 1.43. The van der Waals surface area contributed by atoms with E-state index < -0.39 is 0 Å². The summed E-state index contributed by atoms with van der Waals surface area (Å²) in [5.74, 6) is 0. The van der Waals surface area contributed by atoms with Crippen LogP contribution in [0.1, 0.15) is 0 Å². The summed E-state index contributed by atoms with van der Waals surface area (Å²) in [6.07, 6.45) is 1.80. The molecule has 0 N–H and O–H groups in total. The normalized spacial score (nSPS) is 9.42. The largest absolute Gasteiger partial charge is 0.256 e. The van der Waals surface area contributed by atoms with Gasteiger partial charge in [0.15, 0.2) is 0 Å². The maximum absolute atomic E-state index is 4.20. The van der Waals surface area contributed by atoms with Crippen LogP contribution >= 0.6 is 28.3 Å². The van der Waals surface area contributed by atoms with Crippen molar-refractivity contribution in [2.75, 3.05) is 0 Å². The van der Waals surface area contributed by atoms with Crippen LogP contribution in [0.4, 0.5) is 0 Å². The summed E-state index contributed by atoms with van der Waals surface area (Å²) in [6, 6.07) is 10.0. The highest BCUT2D eigenvalue weighted by Crippen LogP contribution is 2.16. The number of fused-ring (bicyclic) bond motifs is 1. The van der Waals surface area contributed by atoms with Gasteiger partial charge in [-0.25, -0.2) is 0 Å². The lowest BCUT2D eigenvalue weighted by Gasteiger charge is -1.94. The van der Waals surface area contributed by atoms with Crippen LogP contribution in [0, 0.1) is 0 Å². The van der Waals surface area contributed by atoms with E-state index in [1.165, 1.54) is 5.39 Å². The quantitative estimate of drug-likeness (QED) is 0.692. The molecule has 0 aliphatic carbocycles. The first-order valence-corrected chi connectivity index (χ1v) is 4.16. The Hall–Kier alpha value is -0.600. The third-order valence-corrected chi connectivity index (χ3v) is 2.06. The molecule has 62 valence electrons. The topological polar surface area (TPSA) is 12.9 Å². The van der Waals surface area contributed by atoms with Crippen molar-refractivity contribution >= 4 is 39.2 Å². The van der Waals surface area contributed by atoms with Crippen LogP contribution in [0.2, 0.25) is 0 Å². The molecule has 0 saturated carbocycles. The Bertz CT molecular complexity index is 389. The SMILES string of the molecule is Brc1ccc2ncccc2c1.Cl. The Morgan fingerprint density at radius 2 is 2.00 bits per heavy atom. The third-order valence-electron chi connectivity index (χ3n) is 1.57. The van der Waals surface area contributed by atoms with Gasteiger partial charge in [0.1, 0.15) is 0 Å². The molecule has 1 heterocycles. The molecule has 1 nitrogen and oxygen atoms in total. The first-order chi connectivity index (χ1) is 5.36. The van der Waals surface area contributed by atoms with E-state index >= 15 is 0 Å². The second-order valence-electron chi connectivity index (χ2n) is 2.34.